The zero-order valence-corrected chi connectivity index (χ0v) is 33.3. The number of aromatic nitrogens is 4. The predicted octanol–water partition coefficient (Wildman–Crippen LogP) is -0.236. The quantitative estimate of drug-likeness (QED) is 0.163. The number of likely N-dealkylation sites (tertiary alicyclic amines) is 2. The molecule has 5 aliphatic rings. The molecule has 3 aliphatic heterocycles. The largest absolute Gasteiger partial charge is 1.00 e. The van der Waals surface area contributed by atoms with Crippen molar-refractivity contribution in [3.05, 3.63) is 44.5 Å². The van der Waals surface area contributed by atoms with Gasteiger partial charge in [0.05, 0.1) is 13.2 Å². The van der Waals surface area contributed by atoms with Gasteiger partial charge in [-0.15, -0.1) is 0 Å². The third kappa shape index (κ3) is 14.1. The van der Waals surface area contributed by atoms with Crippen LogP contribution in [0.1, 0.15) is 83.9 Å². The van der Waals surface area contributed by atoms with Gasteiger partial charge in [-0.1, -0.05) is 0 Å². The molecule has 0 bridgehead atoms. The second-order valence-electron chi connectivity index (χ2n) is 14.9. The summed E-state index contributed by atoms with van der Waals surface area (Å²) in [6, 6.07) is 0.969. The number of aryl methyl sites for hydroxylation is 2. The predicted molar refractivity (Wildman–Crippen MR) is 209 cm³/mol. The number of carbonyl (C=O) groups excluding carboxylic acids is 1. The second kappa shape index (κ2) is 23.4. The van der Waals surface area contributed by atoms with Crippen LogP contribution in [0.15, 0.2) is 22.0 Å². The Bertz CT molecular complexity index is 1550. The standard InChI is InChI=1S/C18H28N4O3.C16H26N4O2.C4H8O.B.Li.H/c1-3-25-16(23)12-22-13(2)9-19-17(18(22)24)20-10-15-5-4-8-21(15)11-14-6-7-14;1-12-9-17-15(16(22)20(12)7-8-21)18-10-14-3-2-6-19(14)11-13-4-5-13;1-2-4-5-3-1;;;/h9,14-15H,3-8,10-12H2,1-2H3,(H,19,20);9,13-14,21H,2-8,10-11H2,1H3,(H,17,18);1-4H2;;;/q;;;;+1;-1. The maximum Gasteiger partial charge on any atom is 1.00 e. The normalized spacial score (nSPS) is 20.8. The molecule has 0 aromatic carbocycles. The molecule has 3 N–H and O–H groups in total. The van der Waals surface area contributed by atoms with Crippen molar-refractivity contribution in [1.29, 1.82) is 0 Å². The minimum atomic E-state index is -0.406. The van der Waals surface area contributed by atoms with Gasteiger partial charge in [-0.3, -0.25) is 28.8 Å². The Morgan fingerprint density at radius 2 is 1.31 bits per heavy atom. The molecule has 2 aromatic rings. The SMILES string of the molecule is C1CCOC1.CCOC(=O)Cn1c(C)cnc(NCC2CCCN2CC2CC2)c1=O.Cc1cnc(NCC2CCCN2CC2CC2)c(=O)n1CCO.[B].[H-].[Li+]. The monoisotopic (exact) mass is 746 g/mol. The van der Waals surface area contributed by atoms with Gasteiger partial charge in [-0.25, -0.2) is 9.97 Å². The summed E-state index contributed by atoms with van der Waals surface area (Å²) >= 11 is 0. The number of anilines is 2. The van der Waals surface area contributed by atoms with Crippen LogP contribution in [0.2, 0.25) is 0 Å². The van der Waals surface area contributed by atoms with Crippen molar-refractivity contribution in [2.75, 3.05) is 76.3 Å². The van der Waals surface area contributed by atoms with Crippen molar-refractivity contribution in [1.82, 2.24) is 28.9 Å². The summed E-state index contributed by atoms with van der Waals surface area (Å²) in [5.74, 6) is 2.08. The molecule has 14 nitrogen and oxygen atoms in total. The van der Waals surface area contributed by atoms with E-state index in [-0.39, 0.29) is 53.0 Å². The molecule has 3 saturated heterocycles. The van der Waals surface area contributed by atoms with Gasteiger partial charge in [-0.05, 0) is 110 Å². The van der Waals surface area contributed by atoms with E-state index in [2.05, 4.69) is 30.4 Å². The summed E-state index contributed by atoms with van der Waals surface area (Å²) in [5, 5.41) is 15.5. The first-order chi connectivity index (χ1) is 25.3. The van der Waals surface area contributed by atoms with E-state index in [1.54, 1.807) is 30.8 Å². The summed E-state index contributed by atoms with van der Waals surface area (Å²) in [6.07, 6.45) is 16.1. The molecule has 16 heteroatoms. The molecule has 0 spiro atoms. The van der Waals surface area contributed by atoms with Gasteiger partial charge in [-0.2, -0.15) is 0 Å². The number of ether oxygens (including phenoxy) is 2. The molecule has 295 valence electrons. The molecule has 2 atom stereocenters. The fourth-order valence-corrected chi connectivity index (χ4v) is 7.23. The maximum atomic E-state index is 12.6. The molecular weight excluding hydrogens is 682 g/mol. The number of aliphatic hydroxyl groups excluding tert-OH is 1. The van der Waals surface area contributed by atoms with Crippen LogP contribution in [0.4, 0.5) is 11.6 Å². The van der Waals surface area contributed by atoms with E-state index in [0.717, 1.165) is 56.8 Å². The van der Waals surface area contributed by atoms with Crippen molar-refractivity contribution in [3.8, 4) is 0 Å². The number of nitrogens with one attached hydrogen (secondary N) is 2. The zero-order chi connectivity index (χ0) is 36.9. The van der Waals surface area contributed by atoms with Crippen LogP contribution in [-0.2, 0) is 27.4 Å². The molecule has 2 aliphatic carbocycles. The van der Waals surface area contributed by atoms with Crippen molar-refractivity contribution in [2.45, 2.75) is 110 Å². The van der Waals surface area contributed by atoms with E-state index >= 15 is 0 Å². The molecule has 5 fully saturated rings. The van der Waals surface area contributed by atoms with Crippen molar-refractivity contribution >= 4 is 26.0 Å². The first-order valence-electron chi connectivity index (χ1n) is 19.7. The Kier molecular flexibility index (Phi) is 19.8. The van der Waals surface area contributed by atoms with E-state index in [1.165, 1.54) is 82.0 Å². The molecule has 3 radical (unpaired) electrons. The Morgan fingerprint density at radius 3 is 1.74 bits per heavy atom. The van der Waals surface area contributed by atoms with E-state index in [1.807, 2.05) is 6.92 Å². The Balaban J connectivity index is 0.000000322. The van der Waals surface area contributed by atoms with Crippen molar-refractivity contribution in [2.24, 2.45) is 11.8 Å². The fourth-order valence-electron chi connectivity index (χ4n) is 7.23. The number of aliphatic hydroxyl groups is 1. The molecule has 54 heavy (non-hydrogen) atoms. The van der Waals surface area contributed by atoms with Crippen LogP contribution in [0, 0.1) is 25.7 Å². The Hall–Kier alpha value is -2.67. The number of hydrogen-bond acceptors (Lipinski definition) is 12. The number of carbonyl (C=O) groups is 1. The molecule has 7 rings (SSSR count). The number of esters is 1. The van der Waals surface area contributed by atoms with Gasteiger partial charge in [0.2, 0.25) is 0 Å². The molecule has 2 unspecified atom stereocenters. The zero-order valence-electron chi connectivity index (χ0n) is 34.3. The number of rotatable bonds is 15. The second-order valence-corrected chi connectivity index (χ2v) is 14.9. The van der Waals surface area contributed by atoms with E-state index in [9.17, 15) is 14.4 Å². The summed E-state index contributed by atoms with van der Waals surface area (Å²) < 4.78 is 12.9. The summed E-state index contributed by atoms with van der Waals surface area (Å²) in [4.78, 5) is 50.3. The molecule has 0 amide bonds. The van der Waals surface area contributed by atoms with Crippen LogP contribution in [0.5, 0.6) is 0 Å². The Labute approximate surface area is 336 Å². The maximum absolute atomic E-state index is 12.6. The summed E-state index contributed by atoms with van der Waals surface area (Å²) in [5.41, 5.74) is 1.03. The minimum Gasteiger partial charge on any atom is -1.00 e. The van der Waals surface area contributed by atoms with Gasteiger partial charge < -0.3 is 31.2 Å². The van der Waals surface area contributed by atoms with Crippen molar-refractivity contribution < 1.29 is 39.7 Å². The average molecular weight is 746 g/mol. The van der Waals surface area contributed by atoms with Crippen LogP contribution >= 0.6 is 0 Å². The van der Waals surface area contributed by atoms with Gasteiger partial charge in [0.15, 0.2) is 11.6 Å². The first-order valence-corrected chi connectivity index (χ1v) is 19.7. The van der Waals surface area contributed by atoms with Gasteiger partial charge in [0.1, 0.15) is 6.54 Å². The average Bonchev–Trinajstić information content (AvgIpc) is 3.92. The fraction of sp³-hybridized carbons (Fsp3) is 0.763. The Morgan fingerprint density at radius 1 is 0.833 bits per heavy atom. The van der Waals surface area contributed by atoms with Gasteiger partial charge in [0.25, 0.3) is 11.1 Å². The third-order valence-electron chi connectivity index (χ3n) is 10.6. The van der Waals surface area contributed by atoms with Gasteiger partial charge in [0, 0.05) is 90.2 Å². The molecule has 5 heterocycles. The third-order valence-corrected chi connectivity index (χ3v) is 10.6. The minimum absolute atomic E-state index is 0. The number of hydrogen-bond donors (Lipinski definition) is 3. The van der Waals surface area contributed by atoms with Crippen LogP contribution in [0.3, 0.4) is 0 Å². The van der Waals surface area contributed by atoms with E-state index in [0.29, 0.717) is 42.6 Å². The van der Waals surface area contributed by atoms with Crippen LogP contribution < -0.4 is 40.6 Å². The van der Waals surface area contributed by atoms with Crippen LogP contribution in [-0.4, -0.2) is 126 Å². The van der Waals surface area contributed by atoms with E-state index < -0.39 is 5.97 Å². The van der Waals surface area contributed by atoms with Gasteiger partial charge >= 0.3 is 24.8 Å². The molecule has 2 saturated carbocycles. The summed E-state index contributed by atoms with van der Waals surface area (Å²) in [6.45, 7) is 14.1. The molecular formula is C38H63BLiN8O6. The molecule has 2 aromatic heterocycles. The first kappa shape index (κ1) is 45.7. The summed E-state index contributed by atoms with van der Waals surface area (Å²) in [7, 11) is 0. The van der Waals surface area contributed by atoms with Crippen molar-refractivity contribution in [3.63, 3.8) is 0 Å². The number of nitrogens with zero attached hydrogens (tertiary/aromatic N) is 6. The van der Waals surface area contributed by atoms with Crippen LogP contribution in [0.25, 0.3) is 0 Å². The topological polar surface area (TPSA) is 156 Å². The smallest absolute Gasteiger partial charge is 1.00 e. The van der Waals surface area contributed by atoms with E-state index in [4.69, 9.17) is 14.6 Å².